The molecule has 1 aliphatic rings. The first-order chi connectivity index (χ1) is 9.72. The first-order valence-corrected chi connectivity index (χ1v) is 8.97. The highest BCUT2D eigenvalue weighted by Crippen LogP contribution is 2.31. The first kappa shape index (κ1) is 15.8. The molecule has 2 atom stereocenters. The SMILES string of the molecule is CCCCC(CC)CC1CC=Cc2cc(Br)ccc2C1. The summed E-state index contributed by atoms with van der Waals surface area (Å²) < 4.78 is 1.19. The number of unbranched alkanes of at least 4 members (excludes halogenated alkanes) is 1. The monoisotopic (exact) mass is 334 g/mol. The van der Waals surface area contributed by atoms with Crippen molar-refractivity contribution >= 4 is 22.0 Å². The van der Waals surface area contributed by atoms with Crippen molar-refractivity contribution in [1.82, 2.24) is 0 Å². The van der Waals surface area contributed by atoms with Crippen LogP contribution >= 0.6 is 15.9 Å². The van der Waals surface area contributed by atoms with Crippen LogP contribution in [-0.4, -0.2) is 0 Å². The number of hydrogen-bond acceptors (Lipinski definition) is 0. The lowest BCUT2D eigenvalue weighted by Gasteiger charge is -2.21. The number of fused-ring (bicyclic) bond motifs is 1. The lowest BCUT2D eigenvalue weighted by atomic mass is 9.84. The van der Waals surface area contributed by atoms with E-state index in [9.17, 15) is 0 Å². The highest BCUT2D eigenvalue weighted by atomic mass is 79.9. The van der Waals surface area contributed by atoms with Crippen LogP contribution in [0, 0.1) is 11.8 Å². The minimum atomic E-state index is 0.829. The maximum atomic E-state index is 3.58. The summed E-state index contributed by atoms with van der Waals surface area (Å²) in [6.45, 7) is 4.66. The van der Waals surface area contributed by atoms with Crippen molar-refractivity contribution in [2.45, 2.75) is 58.8 Å². The summed E-state index contributed by atoms with van der Waals surface area (Å²) in [7, 11) is 0. The highest BCUT2D eigenvalue weighted by molar-refractivity contribution is 9.10. The zero-order valence-corrected chi connectivity index (χ0v) is 14.5. The van der Waals surface area contributed by atoms with Gasteiger partial charge in [0.15, 0.2) is 0 Å². The normalized spacial score (nSPS) is 19.4. The third-order valence-corrected chi connectivity index (χ3v) is 5.09. The van der Waals surface area contributed by atoms with Crippen LogP contribution in [0.5, 0.6) is 0 Å². The molecule has 2 unspecified atom stereocenters. The van der Waals surface area contributed by atoms with E-state index in [0.29, 0.717) is 0 Å². The average molecular weight is 335 g/mol. The fourth-order valence-corrected chi connectivity index (χ4v) is 3.70. The fourth-order valence-electron chi connectivity index (χ4n) is 3.32. The maximum Gasteiger partial charge on any atom is 0.0181 e. The molecule has 0 spiro atoms. The van der Waals surface area contributed by atoms with Crippen molar-refractivity contribution in [2.24, 2.45) is 11.8 Å². The van der Waals surface area contributed by atoms with Gasteiger partial charge < -0.3 is 0 Å². The molecule has 0 aromatic heterocycles. The van der Waals surface area contributed by atoms with Gasteiger partial charge in [0.1, 0.15) is 0 Å². The molecule has 0 radical (unpaired) electrons. The molecular formula is C19H27Br. The Hall–Kier alpha value is -0.560. The molecule has 1 aromatic rings. The Labute approximate surface area is 132 Å². The zero-order chi connectivity index (χ0) is 14.4. The summed E-state index contributed by atoms with van der Waals surface area (Å²) in [5, 5.41) is 0. The maximum absolute atomic E-state index is 3.58. The van der Waals surface area contributed by atoms with Gasteiger partial charge in [-0.25, -0.2) is 0 Å². The first-order valence-electron chi connectivity index (χ1n) is 8.17. The standard InChI is InChI=1S/C19H27Br/c1-3-5-7-15(4-2)12-16-8-6-9-17-14-19(20)11-10-18(17)13-16/h6,9-11,14-16H,3-5,7-8,12-13H2,1-2H3. The molecule has 0 N–H and O–H groups in total. The van der Waals surface area contributed by atoms with Gasteiger partial charge in [0.2, 0.25) is 0 Å². The van der Waals surface area contributed by atoms with E-state index in [2.05, 4.69) is 60.1 Å². The molecule has 0 aliphatic heterocycles. The Morgan fingerprint density at radius 2 is 2.15 bits per heavy atom. The van der Waals surface area contributed by atoms with Gasteiger partial charge in [-0.2, -0.15) is 0 Å². The van der Waals surface area contributed by atoms with Crippen LogP contribution in [0.25, 0.3) is 6.08 Å². The lowest BCUT2D eigenvalue weighted by molar-refractivity contribution is 0.337. The Morgan fingerprint density at radius 3 is 2.90 bits per heavy atom. The molecule has 0 fully saturated rings. The fraction of sp³-hybridized carbons (Fsp3) is 0.579. The van der Waals surface area contributed by atoms with Crippen LogP contribution < -0.4 is 0 Å². The Balaban J connectivity index is 2.01. The van der Waals surface area contributed by atoms with Crippen molar-refractivity contribution in [3.8, 4) is 0 Å². The van der Waals surface area contributed by atoms with Gasteiger partial charge in [-0.15, -0.1) is 0 Å². The Morgan fingerprint density at radius 1 is 1.30 bits per heavy atom. The summed E-state index contributed by atoms with van der Waals surface area (Å²) in [6, 6.07) is 6.74. The number of hydrogen-bond donors (Lipinski definition) is 0. The summed E-state index contributed by atoms with van der Waals surface area (Å²) in [5.41, 5.74) is 2.93. The molecule has 1 heteroatoms. The van der Waals surface area contributed by atoms with E-state index in [0.717, 1.165) is 11.8 Å². The second-order valence-corrected chi connectivity index (χ2v) is 7.12. The van der Waals surface area contributed by atoms with Crippen molar-refractivity contribution < 1.29 is 0 Å². The van der Waals surface area contributed by atoms with Crippen LogP contribution in [0.1, 0.15) is 63.5 Å². The molecule has 1 aliphatic carbocycles. The number of benzene rings is 1. The third-order valence-electron chi connectivity index (χ3n) is 4.59. The van der Waals surface area contributed by atoms with Gasteiger partial charge in [-0.3, -0.25) is 0 Å². The molecular weight excluding hydrogens is 308 g/mol. The summed E-state index contributed by atoms with van der Waals surface area (Å²) in [6.07, 6.45) is 14.1. The predicted molar refractivity (Wildman–Crippen MR) is 92.9 cm³/mol. The van der Waals surface area contributed by atoms with Crippen LogP contribution in [-0.2, 0) is 6.42 Å². The molecule has 110 valence electrons. The van der Waals surface area contributed by atoms with Gasteiger partial charge in [-0.05, 0) is 54.4 Å². The highest BCUT2D eigenvalue weighted by Gasteiger charge is 2.18. The molecule has 20 heavy (non-hydrogen) atoms. The summed E-state index contributed by atoms with van der Waals surface area (Å²) in [5.74, 6) is 1.75. The van der Waals surface area contributed by atoms with E-state index in [1.807, 2.05) is 0 Å². The summed E-state index contributed by atoms with van der Waals surface area (Å²) in [4.78, 5) is 0. The van der Waals surface area contributed by atoms with Crippen LogP contribution in [0.3, 0.4) is 0 Å². The van der Waals surface area contributed by atoms with Crippen molar-refractivity contribution in [2.75, 3.05) is 0 Å². The minimum absolute atomic E-state index is 0.829. The van der Waals surface area contributed by atoms with Crippen molar-refractivity contribution in [3.05, 3.63) is 39.9 Å². The van der Waals surface area contributed by atoms with Gasteiger partial charge in [0, 0.05) is 4.47 Å². The molecule has 0 bridgehead atoms. The van der Waals surface area contributed by atoms with E-state index >= 15 is 0 Å². The van der Waals surface area contributed by atoms with Gasteiger partial charge in [-0.1, -0.05) is 73.7 Å². The third kappa shape index (κ3) is 4.48. The average Bonchev–Trinajstić information content (AvgIpc) is 2.64. The number of halogens is 1. The Bertz CT molecular complexity index is 447. The smallest absolute Gasteiger partial charge is 0.0181 e. The topological polar surface area (TPSA) is 0 Å². The predicted octanol–water partition coefficient (Wildman–Crippen LogP) is 6.63. The number of allylic oxidation sites excluding steroid dienone is 1. The van der Waals surface area contributed by atoms with E-state index < -0.39 is 0 Å². The molecule has 0 nitrogen and oxygen atoms in total. The molecule has 0 amide bonds. The van der Waals surface area contributed by atoms with Crippen LogP contribution in [0.2, 0.25) is 0 Å². The summed E-state index contributed by atoms with van der Waals surface area (Å²) >= 11 is 3.58. The van der Waals surface area contributed by atoms with Gasteiger partial charge in [0.05, 0.1) is 0 Å². The van der Waals surface area contributed by atoms with E-state index in [-0.39, 0.29) is 0 Å². The zero-order valence-electron chi connectivity index (χ0n) is 12.9. The van der Waals surface area contributed by atoms with Crippen molar-refractivity contribution in [1.29, 1.82) is 0 Å². The largest absolute Gasteiger partial charge is 0.0836 e. The number of rotatable bonds is 6. The second-order valence-electron chi connectivity index (χ2n) is 6.20. The quantitative estimate of drug-likeness (QED) is 0.547. The van der Waals surface area contributed by atoms with Gasteiger partial charge in [0.25, 0.3) is 0 Å². The molecule has 1 aromatic carbocycles. The molecule has 0 saturated heterocycles. The molecule has 0 saturated carbocycles. The minimum Gasteiger partial charge on any atom is -0.0836 e. The molecule has 2 rings (SSSR count). The van der Waals surface area contributed by atoms with Crippen LogP contribution in [0.15, 0.2) is 28.7 Å². The van der Waals surface area contributed by atoms with Crippen molar-refractivity contribution in [3.63, 3.8) is 0 Å². The molecule has 0 heterocycles. The van der Waals surface area contributed by atoms with Gasteiger partial charge >= 0.3 is 0 Å². The van der Waals surface area contributed by atoms with Crippen LogP contribution in [0.4, 0.5) is 0 Å². The van der Waals surface area contributed by atoms with E-state index in [1.54, 1.807) is 0 Å². The Kier molecular flexibility index (Phi) is 6.35. The second kappa shape index (κ2) is 8.02. The van der Waals surface area contributed by atoms with E-state index in [4.69, 9.17) is 0 Å². The lowest BCUT2D eigenvalue weighted by Crippen LogP contribution is -2.10. The van der Waals surface area contributed by atoms with E-state index in [1.165, 1.54) is 60.5 Å².